The van der Waals surface area contributed by atoms with Crippen LogP contribution >= 0.6 is 11.8 Å². The first-order valence-corrected chi connectivity index (χ1v) is 9.76. The number of hydrogen-bond acceptors (Lipinski definition) is 6. The predicted octanol–water partition coefficient (Wildman–Crippen LogP) is 3.32. The topological polar surface area (TPSA) is 63.4 Å². The average molecular weight is 385 g/mol. The van der Waals surface area contributed by atoms with Gasteiger partial charge >= 0.3 is 0 Å². The van der Waals surface area contributed by atoms with Crippen LogP contribution in [-0.4, -0.2) is 44.2 Å². The molecule has 0 aliphatic carbocycles. The summed E-state index contributed by atoms with van der Waals surface area (Å²) >= 11 is 1.63. The van der Waals surface area contributed by atoms with Gasteiger partial charge in [0.05, 0.1) is 13.2 Å². The van der Waals surface area contributed by atoms with Crippen molar-refractivity contribution in [3.8, 4) is 11.5 Å². The van der Waals surface area contributed by atoms with Crippen molar-refractivity contribution in [2.24, 2.45) is 7.05 Å². The Balaban J connectivity index is 1.48. The van der Waals surface area contributed by atoms with Crippen molar-refractivity contribution >= 4 is 11.8 Å². The molecule has 0 fully saturated rings. The fraction of sp³-hybridized carbons (Fsp3) is 0.300. The maximum absolute atomic E-state index is 9.91. The van der Waals surface area contributed by atoms with Gasteiger partial charge in [0, 0.05) is 24.9 Å². The van der Waals surface area contributed by atoms with E-state index in [0.29, 0.717) is 25.4 Å². The van der Waals surface area contributed by atoms with Gasteiger partial charge < -0.3 is 14.4 Å². The zero-order chi connectivity index (χ0) is 19.1. The Morgan fingerprint density at radius 3 is 2.56 bits per heavy atom. The van der Waals surface area contributed by atoms with E-state index in [-0.39, 0.29) is 0 Å². The van der Waals surface area contributed by atoms with Crippen LogP contribution in [0.4, 0.5) is 0 Å². The number of phenols is 1. The molecule has 27 heavy (non-hydrogen) atoms. The number of para-hydroxylation sites is 2. The lowest BCUT2D eigenvalue weighted by molar-refractivity contribution is 0.300. The highest BCUT2D eigenvalue weighted by molar-refractivity contribution is 7.99. The lowest BCUT2D eigenvalue weighted by Gasteiger charge is -2.16. The van der Waals surface area contributed by atoms with E-state index in [1.165, 1.54) is 0 Å². The highest BCUT2D eigenvalue weighted by atomic mass is 32.2. The first-order chi connectivity index (χ1) is 13.1. The van der Waals surface area contributed by atoms with Crippen molar-refractivity contribution < 1.29 is 9.84 Å². The molecule has 0 aliphatic rings. The second kappa shape index (κ2) is 9.43. The van der Waals surface area contributed by atoms with Crippen molar-refractivity contribution in [1.82, 2.24) is 19.7 Å². The summed E-state index contributed by atoms with van der Waals surface area (Å²) in [5.74, 6) is 2.88. The van der Waals surface area contributed by atoms with Gasteiger partial charge in [0.25, 0.3) is 0 Å². The molecular formula is C20H24N4O2S. The normalized spacial score (nSPS) is 11.1. The fourth-order valence-corrected chi connectivity index (χ4v) is 3.40. The third-order valence-electron chi connectivity index (χ3n) is 4.09. The van der Waals surface area contributed by atoms with Crippen molar-refractivity contribution in [2.45, 2.75) is 18.2 Å². The molecule has 0 atom stereocenters. The van der Waals surface area contributed by atoms with Crippen LogP contribution in [0.2, 0.25) is 0 Å². The van der Waals surface area contributed by atoms with E-state index < -0.39 is 0 Å². The molecule has 3 rings (SSSR count). The maximum atomic E-state index is 9.91. The molecule has 0 unspecified atom stereocenters. The number of benzene rings is 2. The van der Waals surface area contributed by atoms with E-state index in [1.807, 2.05) is 67.2 Å². The predicted molar refractivity (Wildman–Crippen MR) is 107 cm³/mol. The summed E-state index contributed by atoms with van der Waals surface area (Å²) in [6.45, 7) is 1.91. The minimum atomic E-state index is 0.317. The quantitative estimate of drug-likeness (QED) is 0.451. The van der Waals surface area contributed by atoms with Crippen LogP contribution in [-0.2, 0) is 20.1 Å². The summed E-state index contributed by atoms with van der Waals surface area (Å²) in [5, 5.41) is 19.4. The zero-order valence-electron chi connectivity index (χ0n) is 15.6. The van der Waals surface area contributed by atoms with Gasteiger partial charge in [-0.2, -0.15) is 0 Å². The number of thioether (sulfide) groups is 1. The smallest absolute Gasteiger partial charge is 0.191 e. The molecule has 0 aliphatic heterocycles. The minimum absolute atomic E-state index is 0.317. The molecule has 0 spiro atoms. The summed E-state index contributed by atoms with van der Waals surface area (Å²) in [7, 11) is 3.98. The van der Waals surface area contributed by atoms with Crippen LogP contribution in [0.5, 0.6) is 11.5 Å². The number of ether oxygens (including phenoxy) is 1. The van der Waals surface area contributed by atoms with Crippen molar-refractivity contribution in [3.63, 3.8) is 0 Å². The molecule has 7 heteroatoms. The van der Waals surface area contributed by atoms with E-state index in [1.54, 1.807) is 17.8 Å². The third-order valence-corrected chi connectivity index (χ3v) is 5.08. The number of rotatable bonds is 9. The Labute approximate surface area is 163 Å². The lowest BCUT2D eigenvalue weighted by atomic mass is 10.2. The van der Waals surface area contributed by atoms with E-state index in [4.69, 9.17) is 4.74 Å². The maximum Gasteiger partial charge on any atom is 0.191 e. The monoisotopic (exact) mass is 384 g/mol. The van der Waals surface area contributed by atoms with E-state index >= 15 is 0 Å². The van der Waals surface area contributed by atoms with Crippen molar-refractivity contribution in [1.29, 1.82) is 0 Å². The number of aromatic hydroxyl groups is 1. The zero-order valence-corrected chi connectivity index (χ0v) is 16.4. The number of nitrogens with zero attached hydrogens (tertiary/aromatic N) is 4. The second-order valence-electron chi connectivity index (χ2n) is 6.27. The Morgan fingerprint density at radius 2 is 1.78 bits per heavy atom. The van der Waals surface area contributed by atoms with E-state index in [9.17, 15) is 5.11 Å². The highest BCUT2D eigenvalue weighted by Crippen LogP contribution is 2.20. The molecule has 0 radical (unpaired) electrons. The lowest BCUT2D eigenvalue weighted by Crippen LogP contribution is -2.19. The van der Waals surface area contributed by atoms with Crippen LogP contribution in [0.1, 0.15) is 11.4 Å². The fourth-order valence-electron chi connectivity index (χ4n) is 2.65. The second-order valence-corrected chi connectivity index (χ2v) is 7.33. The molecule has 3 aromatic rings. The van der Waals surface area contributed by atoms with Crippen LogP contribution in [0.25, 0.3) is 0 Å². The first-order valence-electron chi connectivity index (χ1n) is 8.78. The van der Waals surface area contributed by atoms with Gasteiger partial charge in [-0.05, 0) is 25.2 Å². The molecule has 1 heterocycles. The molecule has 2 aromatic carbocycles. The van der Waals surface area contributed by atoms with Crippen LogP contribution in [0.3, 0.4) is 0 Å². The molecule has 0 bridgehead atoms. The summed E-state index contributed by atoms with van der Waals surface area (Å²) in [6.07, 6.45) is 0. The van der Waals surface area contributed by atoms with Crippen molar-refractivity contribution in [3.05, 3.63) is 66.0 Å². The summed E-state index contributed by atoms with van der Waals surface area (Å²) in [6, 6.07) is 17.2. The highest BCUT2D eigenvalue weighted by Gasteiger charge is 2.12. The van der Waals surface area contributed by atoms with E-state index in [0.717, 1.165) is 28.0 Å². The molecule has 6 nitrogen and oxygen atoms in total. The average Bonchev–Trinajstić information content (AvgIpc) is 3.01. The Kier molecular flexibility index (Phi) is 6.73. The van der Waals surface area contributed by atoms with Gasteiger partial charge in [-0.3, -0.25) is 4.90 Å². The Bertz CT molecular complexity index is 854. The Morgan fingerprint density at radius 1 is 1.04 bits per heavy atom. The Hall–Kier alpha value is -2.51. The molecule has 0 saturated heterocycles. The van der Waals surface area contributed by atoms with Gasteiger partial charge in [-0.15, -0.1) is 10.2 Å². The van der Waals surface area contributed by atoms with Gasteiger partial charge in [0.1, 0.15) is 17.3 Å². The first kappa shape index (κ1) is 19.3. The number of hydrogen-bond donors (Lipinski definition) is 1. The number of aromatic nitrogens is 3. The standard InChI is InChI=1S/C20H24N4O2S/c1-23(14-16-8-6-7-11-18(16)25)15-19-21-22-20(24(19)2)27-13-12-26-17-9-4-3-5-10-17/h3-11,25H,12-15H2,1-2H3. The van der Waals surface area contributed by atoms with Gasteiger partial charge in [0.2, 0.25) is 0 Å². The minimum Gasteiger partial charge on any atom is -0.508 e. The van der Waals surface area contributed by atoms with Crippen molar-refractivity contribution in [2.75, 3.05) is 19.4 Å². The van der Waals surface area contributed by atoms with Gasteiger partial charge in [-0.1, -0.05) is 48.2 Å². The van der Waals surface area contributed by atoms with Crippen LogP contribution in [0, 0.1) is 0 Å². The van der Waals surface area contributed by atoms with Gasteiger partial charge in [-0.25, -0.2) is 0 Å². The third kappa shape index (κ3) is 5.48. The van der Waals surface area contributed by atoms with Crippen LogP contribution in [0.15, 0.2) is 59.8 Å². The van der Waals surface area contributed by atoms with Crippen LogP contribution < -0.4 is 4.74 Å². The molecule has 142 valence electrons. The summed E-state index contributed by atoms with van der Waals surface area (Å²) in [4.78, 5) is 2.10. The summed E-state index contributed by atoms with van der Waals surface area (Å²) < 4.78 is 7.71. The SMILES string of the molecule is CN(Cc1ccccc1O)Cc1nnc(SCCOc2ccccc2)n1C. The van der Waals surface area contributed by atoms with E-state index in [2.05, 4.69) is 15.1 Å². The molecule has 1 aromatic heterocycles. The molecule has 0 saturated carbocycles. The number of phenolic OH excluding ortho intramolecular Hbond substituents is 1. The molecule has 1 N–H and O–H groups in total. The largest absolute Gasteiger partial charge is 0.508 e. The van der Waals surface area contributed by atoms with Gasteiger partial charge in [0.15, 0.2) is 5.16 Å². The molecule has 0 amide bonds. The molecular weight excluding hydrogens is 360 g/mol. The summed E-state index contributed by atoms with van der Waals surface area (Å²) in [5.41, 5.74) is 0.898.